The van der Waals surface area contributed by atoms with Crippen molar-refractivity contribution < 1.29 is 9.53 Å². The minimum Gasteiger partial charge on any atom is -0.383 e. The molecule has 9 nitrogen and oxygen atoms in total. The van der Waals surface area contributed by atoms with E-state index in [9.17, 15) is 9.59 Å². The van der Waals surface area contributed by atoms with Gasteiger partial charge in [0.1, 0.15) is 0 Å². The number of nitrogens with zero attached hydrogens (tertiary/aromatic N) is 3. The van der Waals surface area contributed by atoms with Crippen molar-refractivity contribution in [1.29, 1.82) is 0 Å². The lowest BCUT2D eigenvalue weighted by Gasteiger charge is -2.23. The van der Waals surface area contributed by atoms with E-state index in [-0.39, 0.29) is 17.8 Å². The van der Waals surface area contributed by atoms with E-state index < -0.39 is 0 Å². The monoisotopic (exact) mass is 474 g/mol. The lowest BCUT2D eigenvalue weighted by Crippen LogP contribution is -2.44. The first-order valence-electron chi connectivity index (χ1n) is 11.9. The zero-order valence-electron chi connectivity index (χ0n) is 20.0. The minimum absolute atomic E-state index is 0.0880. The van der Waals surface area contributed by atoms with Gasteiger partial charge in [-0.15, -0.1) is 0 Å². The fourth-order valence-electron chi connectivity index (χ4n) is 4.71. The summed E-state index contributed by atoms with van der Waals surface area (Å²) in [5.41, 5.74) is 5.13. The van der Waals surface area contributed by atoms with E-state index >= 15 is 0 Å². The van der Waals surface area contributed by atoms with Gasteiger partial charge in [-0.05, 0) is 61.3 Å². The smallest absolute Gasteiger partial charge is 0.328 e. The minimum atomic E-state index is -0.179. The van der Waals surface area contributed by atoms with Crippen LogP contribution in [0.15, 0.2) is 53.5 Å². The fraction of sp³-hybridized carbons (Fsp3) is 0.346. The van der Waals surface area contributed by atoms with E-state index in [1.54, 1.807) is 29.5 Å². The molecule has 9 heteroatoms. The van der Waals surface area contributed by atoms with Crippen molar-refractivity contribution in [3.8, 4) is 11.1 Å². The Morgan fingerprint density at radius 2 is 1.89 bits per heavy atom. The van der Waals surface area contributed by atoms with Crippen LogP contribution in [0.2, 0.25) is 0 Å². The van der Waals surface area contributed by atoms with Gasteiger partial charge in [0, 0.05) is 31.3 Å². The van der Waals surface area contributed by atoms with Gasteiger partial charge in [-0.2, -0.15) is 0 Å². The highest BCUT2D eigenvalue weighted by Gasteiger charge is 2.16. The van der Waals surface area contributed by atoms with Gasteiger partial charge in [0.05, 0.1) is 35.9 Å². The van der Waals surface area contributed by atoms with Crippen LogP contribution >= 0.6 is 0 Å². The molecule has 4 aromatic rings. The number of rotatable bonds is 6. The van der Waals surface area contributed by atoms with Gasteiger partial charge in [0.15, 0.2) is 0 Å². The largest absolute Gasteiger partial charge is 0.383 e. The Balaban J connectivity index is 1.42. The van der Waals surface area contributed by atoms with E-state index in [1.807, 2.05) is 36.4 Å². The Morgan fingerprint density at radius 1 is 1.14 bits per heavy atom. The van der Waals surface area contributed by atoms with Gasteiger partial charge in [-0.3, -0.25) is 14.1 Å². The standard InChI is InChI=1S/C26H30N6O3/c1-31-23-16-28-22-8-5-18(15-21(22)24(23)32(26(31)34)13-14-35-2)17-3-6-19(7-4-17)29-25(33)30-20-9-11-27-12-10-20/h3-8,15-16,20,27H,9-14H2,1-2H3,(H2,29,30,33). The Hall–Kier alpha value is -3.69. The van der Waals surface area contributed by atoms with Gasteiger partial charge < -0.3 is 20.7 Å². The molecule has 1 fully saturated rings. The predicted octanol–water partition coefficient (Wildman–Crippen LogP) is 3.08. The number of ether oxygens (including phenoxy) is 1. The second-order valence-corrected chi connectivity index (χ2v) is 8.91. The Bertz CT molecular complexity index is 1420. The SMILES string of the molecule is COCCn1c(=O)n(C)c2cnc3ccc(-c4ccc(NC(=O)NC5CCNCC5)cc4)cc3c21. The van der Waals surface area contributed by atoms with Crippen molar-refractivity contribution >= 4 is 33.7 Å². The molecule has 1 aliphatic rings. The average Bonchev–Trinajstić information content (AvgIpc) is 3.13. The quantitative estimate of drug-likeness (QED) is 0.399. The van der Waals surface area contributed by atoms with Crippen molar-refractivity contribution in [2.24, 2.45) is 7.05 Å². The molecule has 1 saturated heterocycles. The zero-order chi connectivity index (χ0) is 24.4. The number of carbonyl (C=O) groups is 1. The highest BCUT2D eigenvalue weighted by Crippen LogP contribution is 2.29. The van der Waals surface area contributed by atoms with Gasteiger partial charge in [-0.25, -0.2) is 9.59 Å². The third kappa shape index (κ3) is 4.65. The number of piperidine rings is 1. The number of fused-ring (bicyclic) bond motifs is 3. The summed E-state index contributed by atoms with van der Waals surface area (Å²) in [5.74, 6) is 0. The number of imidazole rings is 1. The molecule has 0 aliphatic carbocycles. The summed E-state index contributed by atoms with van der Waals surface area (Å²) in [5, 5.41) is 10.2. The van der Waals surface area contributed by atoms with Crippen LogP contribution in [0.1, 0.15) is 12.8 Å². The number of pyridine rings is 1. The molecule has 0 unspecified atom stereocenters. The number of urea groups is 1. The number of benzene rings is 2. The van der Waals surface area contributed by atoms with E-state index in [1.165, 1.54) is 0 Å². The maximum atomic E-state index is 12.8. The van der Waals surface area contributed by atoms with Crippen LogP contribution in [0, 0.1) is 0 Å². The highest BCUT2D eigenvalue weighted by atomic mass is 16.5. The predicted molar refractivity (Wildman–Crippen MR) is 138 cm³/mol. The molecule has 0 spiro atoms. The summed E-state index contributed by atoms with van der Waals surface area (Å²) in [6, 6.07) is 13.9. The number of carbonyl (C=O) groups excluding carboxylic acids is 1. The Morgan fingerprint density at radius 3 is 2.63 bits per heavy atom. The molecular formula is C26H30N6O3. The Labute approximate surface area is 203 Å². The number of anilines is 1. The topological polar surface area (TPSA) is 102 Å². The Kier molecular flexibility index (Phi) is 6.52. The third-order valence-corrected chi connectivity index (χ3v) is 6.64. The van der Waals surface area contributed by atoms with Crippen LogP contribution in [0.3, 0.4) is 0 Å². The maximum absolute atomic E-state index is 12.8. The maximum Gasteiger partial charge on any atom is 0.328 e. The lowest BCUT2D eigenvalue weighted by molar-refractivity contribution is 0.187. The van der Waals surface area contributed by atoms with Crippen molar-refractivity contribution in [2.45, 2.75) is 25.4 Å². The summed E-state index contributed by atoms with van der Waals surface area (Å²) in [4.78, 5) is 29.8. The number of amides is 2. The van der Waals surface area contributed by atoms with E-state index in [4.69, 9.17) is 4.74 Å². The zero-order valence-corrected chi connectivity index (χ0v) is 20.0. The van der Waals surface area contributed by atoms with E-state index in [0.29, 0.717) is 13.2 Å². The molecule has 1 aliphatic heterocycles. The van der Waals surface area contributed by atoms with Crippen LogP contribution in [0.5, 0.6) is 0 Å². The van der Waals surface area contributed by atoms with Crippen molar-refractivity contribution in [3.05, 3.63) is 59.1 Å². The number of hydrogen-bond acceptors (Lipinski definition) is 5. The summed E-state index contributed by atoms with van der Waals surface area (Å²) in [6.07, 6.45) is 3.63. The first-order valence-corrected chi connectivity index (χ1v) is 11.9. The van der Waals surface area contributed by atoms with Crippen LogP contribution in [-0.4, -0.2) is 53.0 Å². The molecule has 0 radical (unpaired) electrons. The molecule has 3 heterocycles. The molecule has 35 heavy (non-hydrogen) atoms. The molecule has 182 valence electrons. The van der Waals surface area contributed by atoms with Gasteiger partial charge in [0.25, 0.3) is 0 Å². The third-order valence-electron chi connectivity index (χ3n) is 6.64. The van der Waals surface area contributed by atoms with E-state index in [0.717, 1.165) is 64.7 Å². The number of hydrogen-bond donors (Lipinski definition) is 3. The molecule has 2 aromatic carbocycles. The molecule has 2 aromatic heterocycles. The first kappa shape index (κ1) is 23.1. The molecule has 5 rings (SSSR count). The van der Waals surface area contributed by atoms with Crippen molar-refractivity contribution in [1.82, 2.24) is 24.8 Å². The van der Waals surface area contributed by atoms with Crippen LogP contribution in [-0.2, 0) is 18.3 Å². The summed E-state index contributed by atoms with van der Waals surface area (Å²) >= 11 is 0. The summed E-state index contributed by atoms with van der Waals surface area (Å²) in [7, 11) is 3.39. The number of aromatic nitrogens is 3. The molecule has 0 atom stereocenters. The average molecular weight is 475 g/mol. The molecule has 2 amide bonds. The van der Waals surface area contributed by atoms with Crippen LogP contribution in [0.4, 0.5) is 10.5 Å². The highest BCUT2D eigenvalue weighted by molar-refractivity contribution is 6.04. The molecule has 0 bridgehead atoms. The summed E-state index contributed by atoms with van der Waals surface area (Å²) in [6.45, 7) is 2.77. The van der Waals surface area contributed by atoms with Gasteiger partial charge >= 0.3 is 11.7 Å². The summed E-state index contributed by atoms with van der Waals surface area (Å²) < 4.78 is 8.60. The second-order valence-electron chi connectivity index (χ2n) is 8.91. The molecule has 3 N–H and O–H groups in total. The van der Waals surface area contributed by atoms with Crippen LogP contribution in [0.25, 0.3) is 33.1 Å². The number of nitrogens with one attached hydrogen (secondary N) is 3. The van der Waals surface area contributed by atoms with Crippen molar-refractivity contribution in [3.63, 3.8) is 0 Å². The normalized spacial score (nSPS) is 14.5. The second kappa shape index (κ2) is 9.89. The first-order chi connectivity index (χ1) is 17.0. The van der Waals surface area contributed by atoms with Gasteiger partial charge in [-0.1, -0.05) is 18.2 Å². The molecular weight excluding hydrogens is 444 g/mol. The van der Waals surface area contributed by atoms with Crippen LogP contribution < -0.4 is 21.6 Å². The number of aryl methyl sites for hydroxylation is 1. The number of methoxy groups -OCH3 is 1. The fourth-order valence-corrected chi connectivity index (χ4v) is 4.71. The van der Waals surface area contributed by atoms with Gasteiger partial charge in [0.2, 0.25) is 0 Å². The van der Waals surface area contributed by atoms with E-state index in [2.05, 4.69) is 27.0 Å². The van der Waals surface area contributed by atoms with Crippen molar-refractivity contribution in [2.75, 3.05) is 32.1 Å². The lowest BCUT2D eigenvalue weighted by atomic mass is 10.0. The molecule has 0 saturated carbocycles.